The van der Waals surface area contributed by atoms with Crippen molar-refractivity contribution < 1.29 is 19.4 Å². The van der Waals surface area contributed by atoms with E-state index in [1.807, 2.05) is 30.4 Å². The zero-order chi connectivity index (χ0) is 16.7. The highest BCUT2D eigenvalue weighted by Crippen LogP contribution is 2.29. The maximum absolute atomic E-state index is 10.7. The van der Waals surface area contributed by atoms with Crippen LogP contribution in [0.5, 0.6) is 11.5 Å². The average molecular weight is 331 g/mol. The van der Waals surface area contributed by atoms with E-state index in [2.05, 4.69) is 11.6 Å². The molecule has 120 valence electrons. The van der Waals surface area contributed by atoms with Crippen molar-refractivity contribution in [2.45, 2.75) is 6.42 Å². The SMILES string of the molecule is C=CCOc1cc(/C=C/c2nc(CC(=O)O)cs2)ccc1OC. The summed E-state index contributed by atoms with van der Waals surface area (Å²) in [6.45, 7) is 4.02. The zero-order valence-electron chi connectivity index (χ0n) is 12.7. The molecule has 6 heteroatoms. The van der Waals surface area contributed by atoms with Crippen molar-refractivity contribution in [3.05, 3.63) is 52.5 Å². The van der Waals surface area contributed by atoms with Crippen molar-refractivity contribution in [1.29, 1.82) is 0 Å². The molecule has 2 aromatic rings. The third kappa shape index (κ3) is 4.96. The number of rotatable bonds is 8. The Kier molecular flexibility index (Phi) is 5.94. The minimum Gasteiger partial charge on any atom is -0.493 e. The Morgan fingerprint density at radius 2 is 2.22 bits per heavy atom. The fourth-order valence-electron chi connectivity index (χ4n) is 1.86. The van der Waals surface area contributed by atoms with Crippen LogP contribution in [-0.2, 0) is 11.2 Å². The van der Waals surface area contributed by atoms with Gasteiger partial charge in [-0.05, 0) is 23.8 Å². The van der Waals surface area contributed by atoms with Gasteiger partial charge in [-0.2, -0.15) is 0 Å². The Bertz CT molecular complexity index is 721. The van der Waals surface area contributed by atoms with Crippen molar-refractivity contribution >= 4 is 29.5 Å². The highest BCUT2D eigenvalue weighted by Gasteiger charge is 2.06. The molecule has 0 spiro atoms. The maximum Gasteiger partial charge on any atom is 0.309 e. The summed E-state index contributed by atoms with van der Waals surface area (Å²) in [5.41, 5.74) is 1.49. The van der Waals surface area contributed by atoms with Gasteiger partial charge in [0.05, 0.1) is 19.2 Å². The van der Waals surface area contributed by atoms with Crippen molar-refractivity contribution in [2.24, 2.45) is 0 Å². The van der Waals surface area contributed by atoms with Crippen LogP contribution in [0, 0.1) is 0 Å². The summed E-state index contributed by atoms with van der Waals surface area (Å²) in [5, 5.41) is 11.3. The molecule has 0 amide bonds. The van der Waals surface area contributed by atoms with Crippen LogP contribution >= 0.6 is 11.3 Å². The molecule has 1 heterocycles. The lowest BCUT2D eigenvalue weighted by Gasteiger charge is -2.09. The Morgan fingerprint density at radius 1 is 1.39 bits per heavy atom. The topological polar surface area (TPSA) is 68.7 Å². The summed E-state index contributed by atoms with van der Waals surface area (Å²) in [6, 6.07) is 5.60. The molecule has 1 N–H and O–H groups in total. The fourth-order valence-corrected chi connectivity index (χ4v) is 2.57. The molecule has 0 aliphatic heterocycles. The lowest BCUT2D eigenvalue weighted by atomic mass is 10.2. The first-order valence-corrected chi connectivity index (χ1v) is 7.76. The van der Waals surface area contributed by atoms with E-state index < -0.39 is 5.97 Å². The molecular formula is C17H17NO4S. The quantitative estimate of drug-likeness (QED) is 0.750. The summed E-state index contributed by atoms with van der Waals surface area (Å²) >= 11 is 1.41. The molecule has 0 atom stereocenters. The van der Waals surface area contributed by atoms with Gasteiger partial charge in [-0.25, -0.2) is 4.98 Å². The number of carbonyl (C=O) groups is 1. The molecule has 0 fully saturated rings. The summed E-state index contributed by atoms with van der Waals surface area (Å²) in [4.78, 5) is 14.9. The molecule has 1 aromatic carbocycles. The van der Waals surface area contributed by atoms with Crippen molar-refractivity contribution in [2.75, 3.05) is 13.7 Å². The standard InChI is InChI=1S/C17H17NO4S/c1-3-8-22-15-9-12(4-6-14(15)21-2)5-7-16-18-13(11-23-16)10-17(19)20/h3-7,9,11H,1,8,10H2,2H3,(H,19,20)/b7-5+. The van der Waals surface area contributed by atoms with E-state index in [1.54, 1.807) is 18.6 Å². The number of thiazole rings is 1. The predicted molar refractivity (Wildman–Crippen MR) is 91.1 cm³/mol. The minimum absolute atomic E-state index is 0.0631. The van der Waals surface area contributed by atoms with E-state index in [1.165, 1.54) is 11.3 Å². The summed E-state index contributed by atoms with van der Waals surface area (Å²) in [5.74, 6) is 0.409. The van der Waals surface area contributed by atoms with Crippen LogP contribution in [0.25, 0.3) is 12.2 Å². The molecule has 0 saturated heterocycles. The second-order valence-corrected chi connectivity index (χ2v) is 5.48. The smallest absolute Gasteiger partial charge is 0.309 e. The molecule has 23 heavy (non-hydrogen) atoms. The Hall–Kier alpha value is -2.60. The average Bonchev–Trinajstić information content (AvgIpc) is 2.97. The normalized spacial score (nSPS) is 10.7. The highest BCUT2D eigenvalue weighted by molar-refractivity contribution is 7.10. The second-order valence-electron chi connectivity index (χ2n) is 4.59. The molecule has 0 aliphatic carbocycles. The summed E-state index contributed by atoms with van der Waals surface area (Å²) < 4.78 is 10.8. The molecule has 0 bridgehead atoms. The summed E-state index contributed by atoms with van der Waals surface area (Å²) in [6.07, 6.45) is 5.34. The van der Waals surface area contributed by atoms with Gasteiger partial charge < -0.3 is 14.6 Å². The Balaban J connectivity index is 2.13. The van der Waals surface area contributed by atoms with Crippen molar-refractivity contribution in [1.82, 2.24) is 4.98 Å². The van der Waals surface area contributed by atoms with Crippen LogP contribution in [-0.4, -0.2) is 29.8 Å². The molecule has 0 radical (unpaired) electrons. The van der Waals surface area contributed by atoms with Crippen LogP contribution in [0.3, 0.4) is 0 Å². The van der Waals surface area contributed by atoms with Crippen LogP contribution in [0.4, 0.5) is 0 Å². The number of benzene rings is 1. The zero-order valence-corrected chi connectivity index (χ0v) is 13.5. The van der Waals surface area contributed by atoms with E-state index in [-0.39, 0.29) is 6.42 Å². The van der Waals surface area contributed by atoms with E-state index in [4.69, 9.17) is 14.6 Å². The van der Waals surface area contributed by atoms with Crippen LogP contribution in [0.1, 0.15) is 16.3 Å². The van der Waals surface area contributed by atoms with Gasteiger partial charge in [0.2, 0.25) is 0 Å². The Labute approximate surface area is 138 Å². The molecule has 0 aliphatic rings. The maximum atomic E-state index is 10.7. The third-order valence-electron chi connectivity index (χ3n) is 2.86. The number of carboxylic acids is 1. The van der Waals surface area contributed by atoms with Gasteiger partial charge >= 0.3 is 5.97 Å². The lowest BCUT2D eigenvalue weighted by Crippen LogP contribution is -1.99. The molecular weight excluding hydrogens is 314 g/mol. The van der Waals surface area contributed by atoms with Crippen LogP contribution in [0.2, 0.25) is 0 Å². The fraction of sp³-hybridized carbons (Fsp3) is 0.176. The molecule has 5 nitrogen and oxygen atoms in total. The predicted octanol–water partition coefficient (Wildman–Crippen LogP) is 3.51. The van der Waals surface area contributed by atoms with Crippen molar-refractivity contribution in [3.8, 4) is 11.5 Å². The number of ether oxygens (including phenoxy) is 2. The first-order valence-electron chi connectivity index (χ1n) is 6.88. The van der Waals surface area contributed by atoms with Crippen LogP contribution < -0.4 is 9.47 Å². The van der Waals surface area contributed by atoms with Crippen molar-refractivity contribution in [3.63, 3.8) is 0 Å². The monoisotopic (exact) mass is 331 g/mol. The number of nitrogens with zero attached hydrogens (tertiary/aromatic N) is 1. The largest absolute Gasteiger partial charge is 0.493 e. The van der Waals surface area contributed by atoms with E-state index in [0.29, 0.717) is 23.8 Å². The second kappa shape index (κ2) is 8.14. The molecule has 0 saturated carbocycles. The van der Waals surface area contributed by atoms with Gasteiger partial charge in [0, 0.05) is 5.38 Å². The number of methoxy groups -OCH3 is 1. The number of aromatic nitrogens is 1. The third-order valence-corrected chi connectivity index (χ3v) is 3.72. The number of hydrogen-bond acceptors (Lipinski definition) is 5. The minimum atomic E-state index is -0.884. The van der Waals surface area contributed by atoms with Gasteiger partial charge in [0.25, 0.3) is 0 Å². The van der Waals surface area contributed by atoms with Gasteiger partial charge in [0.1, 0.15) is 11.6 Å². The van der Waals surface area contributed by atoms with E-state index in [0.717, 1.165) is 10.6 Å². The molecule has 1 aromatic heterocycles. The van der Waals surface area contributed by atoms with Gasteiger partial charge in [-0.15, -0.1) is 11.3 Å². The molecule has 2 rings (SSSR count). The number of aliphatic carboxylic acids is 1. The van der Waals surface area contributed by atoms with Gasteiger partial charge in [-0.1, -0.05) is 24.8 Å². The van der Waals surface area contributed by atoms with Gasteiger partial charge in [0.15, 0.2) is 11.5 Å². The first kappa shape index (κ1) is 16.8. The highest BCUT2D eigenvalue weighted by atomic mass is 32.1. The molecule has 0 unspecified atom stereocenters. The number of carboxylic acid groups (broad SMARTS) is 1. The van der Waals surface area contributed by atoms with E-state index in [9.17, 15) is 4.79 Å². The van der Waals surface area contributed by atoms with Crippen LogP contribution in [0.15, 0.2) is 36.2 Å². The van der Waals surface area contributed by atoms with Gasteiger partial charge in [-0.3, -0.25) is 4.79 Å². The number of hydrogen-bond donors (Lipinski definition) is 1. The van der Waals surface area contributed by atoms with E-state index >= 15 is 0 Å². The Morgan fingerprint density at radius 3 is 2.91 bits per heavy atom. The first-order chi connectivity index (χ1) is 11.1. The summed E-state index contributed by atoms with van der Waals surface area (Å²) in [7, 11) is 1.59. The lowest BCUT2D eigenvalue weighted by molar-refractivity contribution is -0.136.